The normalized spacial score (nSPS) is 15.1. The zero-order valence-corrected chi connectivity index (χ0v) is 14.8. The van der Waals surface area contributed by atoms with Gasteiger partial charge in [-0.2, -0.15) is 0 Å². The first kappa shape index (κ1) is 16.6. The number of carbonyl (C=O) groups is 1. The number of hydrogen-bond acceptors (Lipinski definition) is 1. The van der Waals surface area contributed by atoms with E-state index in [1.165, 1.54) is 0 Å². The van der Waals surface area contributed by atoms with Gasteiger partial charge in [0.2, 0.25) is 5.91 Å². The van der Waals surface area contributed by atoms with Crippen LogP contribution in [0.5, 0.6) is 0 Å². The average Bonchev–Trinajstić information content (AvgIpc) is 2.72. The molecule has 4 rings (SSSR count). The summed E-state index contributed by atoms with van der Waals surface area (Å²) in [6, 6.07) is 31.3. The van der Waals surface area contributed by atoms with Crippen LogP contribution in [0.1, 0.15) is 36.0 Å². The number of rotatable bonds is 4. The van der Waals surface area contributed by atoms with Crippen molar-refractivity contribution in [3.8, 4) is 0 Å². The maximum absolute atomic E-state index is 13.1. The van der Waals surface area contributed by atoms with Crippen LogP contribution in [0, 0.1) is 0 Å². The Morgan fingerprint density at radius 2 is 1.04 bits per heavy atom. The Bertz CT molecular complexity index is 762. The lowest BCUT2D eigenvalue weighted by Crippen LogP contribution is -2.53. The third-order valence-corrected chi connectivity index (χ3v) is 5.30. The largest absolute Gasteiger partial charge is 0.325 e. The third kappa shape index (κ3) is 2.72. The zero-order valence-electron chi connectivity index (χ0n) is 14.8. The van der Waals surface area contributed by atoms with Crippen molar-refractivity contribution in [2.45, 2.75) is 24.8 Å². The molecule has 26 heavy (non-hydrogen) atoms. The number of amides is 1. The highest BCUT2D eigenvalue weighted by Crippen LogP contribution is 2.43. The predicted octanol–water partition coefficient (Wildman–Crippen LogP) is 4.99. The van der Waals surface area contributed by atoms with Crippen LogP contribution in [-0.4, -0.2) is 17.4 Å². The highest BCUT2D eigenvalue weighted by molar-refractivity contribution is 5.80. The molecule has 1 aliphatic heterocycles. The lowest BCUT2D eigenvalue weighted by molar-refractivity contribution is -0.137. The van der Waals surface area contributed by atoms with Crippen LogP contribution in [-0.2, 0) is 10.3 Å². The van der Waals surface area contributed by atoms with Crippen molar-refractivity contribution in [3.63, 3.8) is 0 Å². The van der Waals surface area contributed by atoms with Gasteiger partial charge in [-0.05, 0) is 29.5 Å². The fourth-order valence-electron chi connectivity index (χ4n) is 4.17. The average molecular weight is 341 g/mol. The van der Waals surface area contributed by atoms with Gasteiger partial charge in [-0.15, -0.1) is 0 Å². The number of hydrogen-bond donors (Lipinski definition) is 0. The first-order chi connectivity index (χ1) is 12.8. The van der Waals surface area contributed by atoms with Crippen molar-refractivity contribution < 1.29 is 4.79 Å². The van der Waals surface area contributed by atoms with Crippen molar-refractivity contribution >= 4 is 5.91 Å². The highest BCUT2D eigenvalue weighted by atomic mass is 16.2. The molecule has 0 spiro atoms. The molecular weight excluding hydrogens is 318 g/mol. The molecule has 130 valence electrons. The summed E-state index contributed by atoms with van der Waals surface area (Å²) in [5.74, 6) is 0.229. The Morgan fingerprint density at radius 1 is 0.615 bits per heavy atom. The standard InChI is InChI=1S/C24H23NO/c26-23-18-10-11-19-25(23)24(20-12-4-1-5-13-20,21-14-6-2-7-15-21)22-16-8-3-9-17-22/h1-9,12-17H,10-11,18-19H2. The van der Waals surface area contributed by atoms with E-state index in [1.54, 1.807) is 0 Å². The van der Waals surface area contributed by atoms with E-state index < -0.39 is 5.54 Å². The number of carbonyl (C=O) groups excluding carboxylic acids is 1. The predicted molar refractivity (Wildman–Crippen MR) is 105 cm³/mol. The molecule has 1 fully saturated rings. The third-order valence-electron chi connectivity index (χ3n) is 5.30. The number of nitrogens with zero attached hydrogens (tertiary/aromatic N) is 1. The van der Waals surface area contributed by atoms with E-state index in [0.29, 0.717) is 6.42 Å². The molecule has 0 bridgehead atoms. The van der Waals surface area contributed by atoms with Gasteiger partial charge in [0.1, 0.15) is 5.54 Å². The second-order valence-corrected chi connectivity index (χ2v) is 6.81. The van der Waals surface area contributed by atoms with Gasteiger partial charge in [0, 0.05) is 13.0 Å². The summed E-state index contributed by atoms with van der Waals surface area (Å²) in [7, 11) is 0. The topological polar surface area (TPSA) is 20.3 Å². The maximum Gasteiger partial charge on any atom is 0.223 e. The maximum atomic E-state index is 13.1. The summed E-state index contributed by atoms with van der Waals surface area (Å²) >= 11 is 0. The van der Waals surface area contributed by atoms with Crippen LogP contribution in [0.3, 0.4) is 0 Å². The molecule has 0 unspecified atom stereocenters. The van der Waals surface area contributed by atoms with Crippen molar-refractivity contribution in [2.75, 3.05) is 6.54 Å². The van der Waals surface area contributed by atoms with Gasteiger partial charge in [0.15, 0.2) is 0 Å². The van der Waals surface area contributed by atoms with Crippen LogP contribution in [0.25, 0.3) is 0 Å². The van der Waals surface area contributed by atoms with Gasteiger partial charge in [-0.1, -0.05) is 91.0 Å². The Morgan fingerprint density at radius 3 is 1.42 bits per heavy atom. The van der Waals surface area contributed by atoms with Crippen molar-refractivity contribution in [2.24, 2.45) is 0 Å². The highest BCUT2D eigenvalue weighted by Gasteiger charge is 2.44. The quantitative estimate of drug-likeness (QED) is 0.612. The first-order valence-corrected chi connectivity index (χ1v) is 9.30. The van der Waals surface area contributed by atoms with E-state index in [-0.39, 0.29) is 5.91 Å². The molecular formula is C24H23NO. The van der Waals surface area contributed by atoms with Gasteiger partial charge in [-0.3, -0.25) is 4.79 Å². The monoisotopic (exact) mass is 341 g/mol. The summed E-state index contributed by atoms with van der Waals surface area (Å²) in [5.41, 5.74) is 2.80. The van der Waals surface area contributed by atoms with E-state index in [0.717, 1.165) is 36.1 Å². The minimum Gasteiger partial charge on any atom is -0.325 e. The molecule has 1 amide bonds. The summed E-state index contributed by atoms with van der Waals surface area (Å²) in [6.07, 6.45) is 2.64. The smallest absolute Gasteiger partial charge is 0.223 e. The Kier molecular flexibility index (Phi) is 4.57. The lowest BCUT2D eigenvalue weighted by Gasteiger charge is -2.47. The number of piperidine rings is 1. The molecule has 1 heterocycles. The van der Waals surface area contributed by atoms with Crippen LogP contribution in [0.4, 0.5) is 0 Å². The van der Waals surface area contributed by atoms with Gasteiger partial charge in [0.25, 0.3) is 0 Å². The second-order valence-electron chi connectivity index (χ2n) is 6.81. The fourth-order valence-corrected chi connectivity index (χ4v) is 4.17. The molecule has 3 aromatic carbocycles. The zero-order chi connectivity index (χ0) is 17.8. The molecule has 2 nitrogen and oxygen atoms in total. The van der Waals surface area contributed by atoms with E-state index in [1.807, 2.05) is 18.2 Å². The molecule has 0 N–H and O–H groups in total. The first-order valence-electron chi connectivity index (χ1n) is 9.30. The molecule has 1 aliphatic rings. The molecule has 0 radical (unpaired) electrons. The van der Waals surface area contributed by atoms with Crippen LogP contribution in [0.2, 0.25) is 0 Å². The Hall–Kier alpha value is -2.87. The van der Waals surface area contributed by atoms with E-state index >= 15 is 0 Å². The molecule has 0 aromatic heterocycles. The van der Waals surface area contributed by atoms with E-state index in [2.05, 4.69) is 77.7 Å². The van der Waals surface area contributed by atoms with Crippen molar-refractivity contribution in [3.05, 3.63) is 108 Å². The minimum absolute atomic E-state index is 0.229. The Balaban J connectivity index is 2.05. The van der Waals surface area contributed by atoms with Gasteiger partial charge in [0.05, 0.1) is 0 Å². The van der Waals surface area contributed by atoms with Gasteiger partial charge >= 0.3 is 0 Å². The number of benzene rings is 3. The van der Waals surface area contributed by atoms with Crippen molar-refractivity contribution in [1.29, 1.82) is 0 Å². The SMILES string of the molecule is O=C1CCCCN1C(c1ccccc1)(c1ccccc1)c1ccccc1. The summed E-state index contributed by atoms with van der Waals surface area (Å²) in [6.45, 7) is 0.775. The molecule has 1 saturated heterocycles. The fraction of sp³-hybridized carbons (Fsp3) is 0.208. The van der Waals surface area contributed by atoms with Gasteiger partial charge < -0.3 is 4.90 Å². The van der Waals surface area contributed by atoms with E-state index in [4.69, 9.17) is 0 Å². The summed E-state index contributed by atoms with van der Waals surface area (Å²) in [5, 5.41) is 0. The van der Waals surface area contributed by atoms with Crippen LogP contribution < -0.4 is 0 Å². The minimum atomic E-state index is -0.596. The van der Waals surface area contributed by atoms with Crippen LogP contribution in [0.15, 0.2) is 91.0 Å². The molecule has 2 heteroatoms. The molecule has 0 saturated carbocycles. The Labute approximate surface area is 155 Å². The number of likely N-dealkylation sites (tertiary alicyclic amines) is 1. The van der Waals surface area contributed by atoms with Gasteiger partial charge in [-0.25, -0.2) is 0 Å². The summed E-state index contributed by atoms with van der Waals surface area (Å²) in [4.78, 5) is 15.2. The second kappa shape index (κ2) is 7.17. The van der Waals surface area contributed by atoms with Crippen molar-refractivity contribution in [1.82, 2.24) is 4.90 Å². The van der Waals surface area contributed by atoms with Crippen LogP contribution >= 0.6 is 0 Å². The lowest BCUT2D eigenvalue weighted by atomic mass is 9.74. The molecule has 3 aromatic rings. The molecule has 0 aliphatic carbocycles. The summed E-state index contributed by atoms with van der Waals surface area (Å²) < 4.78 is 0. The molecule has 0 atom stereocenters. The van der Waals surface area contributed by atoms with E-state index in [9.17, 15) is 4.79 Å².